The minimum atomic E-state index is -0.306. The van der Waals surface area contributed by atoms with Crippen molar-refractivity contribution in [1.82, 2.24) is 0 Å². The molecular formula is C18H26BrNO2. The van der Waals surface area contributed by atoms with Gasteiger partial charge in [0.2, 0.25) is 0 Å². The second-order valence-corrected chi connectivity index (χ2v) is 7.55. The maximum absolute atomic E-state index is 6.81. The molecule has 0 atom stereocenters. The van der Waals surface area contributed by atoms with E-state index in [1.54, 1.807) is 7.11 Å². The molecule has 0 radical (unpaired) electrons. The zero-order chi connectivity index (χ0) is 15.6. The van der Waals surface area contributed by atoms with Crippen molar-refractivity contribution in [2.45, 2.75) is 69.4 Å². The van der Waals surface area contributed by atoms with Gasteiger partial charge in [-0.15, -0.1) is 0 Å². The van der Waals surface area contributed by atoms with Crippen LogP contribution in [0.3, 0.4) is 0 Å². The molecule has 1 aromatic carbocycles. The number of hydrogen-bond acceptors (Lipinski definition) is 3. The first-order chi connectivity index (χ1) is 10.6. The van der Waals surface area contributed by atoms with Gasteiger partial charge in [-0.25, -0.2) is 0 Å². The SMILES string of the molecule is COc1ccc(Br)c(C2(N)CCCCC2)c1OC1CCCC1. The van der Waals surface area contributed by atoms with Gasteiger partial charge in [0.05, 0.1) is 13.2 Å². The minimum absolute atomic E-state index is 0.300. The first-order valence-corrected chi connectivity index (χ1v) is 9.26. The van der Waals surface area contributed by atoms with Crippen LogP contribution in [0.15, 0.2) is 16.6 Å². The fraction of sp³-hybridized carbons (Fsp3) is 0.667. The van der Waals surface area contributed by atoms with E-state index in [0.29, 0.717) is 6.10 Å². The summed E-state index contributed by atoms with van der Waals surface area (Å²) in [5.41, 5.74) is 7.62. The Morgan fingerprint density at radius 3 is 2.41 bits per heavy atom. The van der Waals surface area contributed by atoms with Crippen molar-refractivity contribution >= 4 is 15.9 Å². The predicted octanol–water partition coefficient (Wildman–Crippen LogP) is 4.90. The molecule has 122 valence electrons. The molecule has 2 aliphatic rings. The predicted molar refractivity (Wildman–Crippen MR) is 92.5 cm³/mol. The summed E-state index contributed by atoms with van der Waals surface area (Å²) < 4.78 is 13.0. The molecule has 0 aliphatic heterocycles. The molecular weight excluding hydrogens is 342 g/mol. The standard InChI is InChI=1S/C18H26BrNO2/c1-21-15-10-9-14(19)16(18(20)11-5-2-6-12-18)17(15)22-13-7-3-4-8-13/h9-10,13H,2-8,11-12,20H2,1H3. The Hall–Kier alpha value is -0.740. The highest BCUT2D eigenvalue weighted by atomic mass is 79.9. The van der Waals surface area contributed by atoms with Crippen molar-refractivity contribution in [2.24, 2.45) is 5.73 Å². The lowest BCUT2D eigenvalue weighted by molar-refractivity contribution is 0.189. The van der Waals surface area contributed by atoms with E-state index in [-0.39, 0.29) is 5.54 Å². The lowest BCUT2D eigenvalue weighted by Crippen LogP contribution is -2.39. The number of ether oxygens (including phenoxy) is 2. The van der Waals surface area contributed by atoms with Crippen LogP contribution in [0.2, 0.25) is 0 Å². The monoisotopic (exact) mass is 367 g/mol. The van der Waals surface area contributed by atoms with Crippen LogP contribution >= 0.6 is 15.9 Å². The van der Waals surface area contributed by atoms with Crippen LogP contribution in [0.5, 0.6) is 11.5 Å². The van der Waals surface area contributed by atoms with Gasteiger partial charge in [-0.3, -0.25) is 0 Å². The molecule has 3 nitrogen and oxygen atoms in total. The van der Waals surface area contributed by atoms with Gasteiger partial charge in [0.1, 0.15) is 0 Å². The Morgan fingerprint density at radius 1 is 1.09 bits per heavy atom. The van der Waals surface area contributed by atoms with E-state index in [2.05, 4.69) is 15.9 Å². The Bertz CT molecular complexity index is 520. The van der Waals surface area contributed by atoms with Crippen LogP contribution in [0.4, 0.5) is 0 Å². The number of nitrogens with two attached hydrogens (primary N) is 1. The number of benzene rings is 1. The average molecular weight is 368 g/mol. The van der Waals surface area contributed by atoms with Crippen molar-refractivity contribution in [3.63, 3.8) is 0 Å². The Labute approximate surface area is 141 Å². The number of rotatable bonds is 4. The molecule has 0 aromatic heterocycles. The summed E-state index contributed by atoms with van der Waals surface area (Å²) in [6, 6.07) is 4.02. The molecule has 0 saturated heterocycles. The molecule has 2 saturated carbocycles. The topological polar surface area (TPSA) is 44.5 Å². The Balaban J connectivity index is 2.01. The molecule has 2 N–H and O–H groups in total. The number of methoxy groups -OCH3 is 1. The lowest BCUT2D eigenvalue weighted by Gasteiger charge is -2.36. The van der Waals surface area contributed by atoms with Crippen LogP contribution in [-0.4, -0.2) is 13.2 Å². The highest BCUT2D eigenvalue weighted by molar-refractivity contribution is 9.10. The molecule has 22 heavy (non-hydrogen) atoms. The zero-order valence-electron chi connectivity index (χ0n) is 13.4. The van der Waals surface area contributed by atoms with Crippen LogP contribution in [0, 0.1) is 0 Å². The van der Waals surface area contributed by atoms with Gasteiger partial charge in [-0.1, -0.05) is 35.2 Å². The van der Waals surface area contributed by atoms with Crippen LogP contribution in [-0.2, 0) is 5.54 Å². The van der Waals surface area contributed by atoms with E-state index >= 15 is 0 Å². The van der Waals surface area contributed by atoms with Crippen molar-refractivity contribution < 1.29 is 9.47 Å². The third kappa shape index (κ3) is 3.13. The average Bonchev–Trinajstić information content (AvgIpc) is 3.01. The fourth-order valence-electron chi connectivity index (χ4n) is 3.89. The highest BCUT2D eigenvalue weighted by Crippen LogP contribution is 2.47. The fourth-order valence-corrected chi connectivity index (χ4v) is 4.59. The van der Waals surface area contributed by atoms with Gasteiger partial charge in [-0.05, 0) is 50.7 Å². The van der Waals surface area contributed by atoms with Crippen molar-refractivity contribution in [1.29, 1.82) is 0 Å². The molecule has 4 heteroatoms. The molecule has 1 aromatic rings. The van der Waals surface area contributed by atoms with Gasteiger partial charge in [0.25, 0.3) is 0 Å². The van der Waals surface area contributed by atoms with E-state index in [1.165, 1.54) is 32.1 Å². The van der Waals surface area contributed by atoms with Gasteiger partial charge >= 0.3 is 0 Å². The quantitative estimate of drug-likeness (QED) is 0.822. The zero-order valence-corrected chi connectivity index (χ0v) is 15.0. The van der Waals surface area contributed by atoms with Crippen molar-refractivity contribution in [3.05, 3.63) is 22.2 Å². The normalized spacial score (nSPS) is 21.8. The van der Waals surface area contributed by atoms with E-state index < -0.39 is 0 Å². The van der Waals surface area contributed by atoms with Gasteiger partial charge in [0.15, 0.2) is 11.5 Å². The smallest absolute Gasteiger partial charge is 0.167 e. The minimum Gasteiger partial charge on any atom is -0.493 e. The third-order valence-corrected chi connectivity index (χ3v) is 5.78. The molecule has 2 fully saturated rings. The molecule has 0 amide bonds. The summed E-state index contributed by atoms with van der Waals surface area (Å²) >= 11 is 3.72. The van der Waals surface area contributed by atoms with Gasteiger partial charge in [-0.2, -0.15) is 0 Å². The summed E-state index contributed by atoms with van der Waals surface area (Å²) in [6.45, 7) is 0. The molecule has 2 aliphatic carbocycles. The lowest BCUT2D eigenvalue weighted by atomic mass is 9.77. The van der Waals surface area contributed by atoms with Crippen LogP contribution < -0.4 is 15.2 Å². The molecule has 0 unspecified atom stereocenters. The van der Waals surface area contributed by atoms with Crippen molar-refractivity contribution in [2.75, 3.05) is 7.11 Å². The van der Waals surface area contributed by atoms with Gasteiger partial charge in [0, 0.05) is 15.6 Å². The summed E-state index contributed by atoms with van der Waals surface area (Å²) in [7, 11) is 1.71. The van der Waals surface area contributed by atoms with E-state index in [4.69, 9.17) is 15.2 Å². The maximum atomic E-state index is 6.81. The molecule has 0 spiro atoms. The Kier molecular flexibility index (Phi) is 4.98. The van der Waals surface area contributed by atoms with E-state index in [0.717, 1.165) is 47.2 Å². The molecule has 3 rings (SSSR count). The first kappa shape index (κ1) is 16.1. The summed E-state index contributed by atoms with van der Waals surface area (Å²) in [5, 5.41) is 0. The van der Waals surface area contributed by atoms with E-state index in [1.807, 2.05) is 12.1 Å². The third-order valence-electron chi connectivity index (χ3n) is 5.12. The van der Waals surface area contributed by atoms with Gasteiger partial charge < -0.3 is 15.2 Å². The first-order valence-electron chi connectivity index (χ1n) is 8.46. The van der Waals surface area contributed by atoms with E-state index in [9.17, 15) is 0 Å². The molecule has 0 heterocycles. The maximum Gasteiger partial charge on any atom is 0.167 e. The largest absolute Gasteiger partial charge is 0.493 e. The summed E-state index contributed by atoms with van der Waals surface area (Å²) in [5.74, 6) is 1.67. The second-order valence-electron chi connectivity index (χ2n) is 6.69. The highest BCUT2D eigenvalue weighted by Gasteiger charge is 2.36. The molecule has 0 bridgehead atoms. The van der Waals surface area contributed by atoms with Crippen LogP contribution in [0.1, 0.15) is 63.4 Å². The number of halogens is 1. The number of hydrogen-bond donors (Lipinski definition) is 1. The summed E-state index contributed by atoms with van der Waals surface area (Å²) in [6.07, 6.45) is 10.7. The second kappa shape index (κ2) is 6.79. The van der Waals surface area contributed by atoms with Crippen molar-refractivity contribution in [3.8, 4) is 11.5 Å². The summed E-state index contributed by atoms with van der Waals surface area (Å²) in [4.78, 5) is 0. The van der Waals surface area contributed by atoms with Crippen LogP contribution in [0.25, 0.3) is 0 Å². The Morgan fingerprint density at radius 2 is 1.77 bits per heavy atom.